The highest BCUT2D eigenvalue weighted by Crippen LogP contribution is 2.29. The summed E-state index contributed by atoms with van der Waals surface area (Å²) < 4.78 is 18.9. The molecule has 14 heteroatoms. The normalized spacial score (nSPS) is 13.9. The highest BCUT2D eigenvalue weighted by atomic mass is 16.5. The highest BCUT2D eigenvalue weighted by Gasteiger charge is 2.25. The number of imidazole rings is 2. The van der Waals surface area contributed by atoms with Crippen LogP contribution in [-0.4, -0.2) is 95.4 Å². The molecule has 0 aliphatic carbocycles. The summed E-state index contributed by atoms with van der Waals surface area (Å²) in [4.78, 5) is 59.3. The number of aromatic amines is 2. The summed E-state index contributed by atoms with van der Waals surface area (Å²) >= 11 is 0. The molecule has 0 amide bonds. The van der Waals surface area contributed by atoms with Gasteiger partial charge in [-0.1, -0.05) is 80.2 Å². The lowest BCUT2D eigenvalue weighted by molar-refractivity contribution is 0.0520. The van der Waals surface area contributed by atoms with Crippen LogP contribution in [0.5, 0.6) is 0 Å². The van der Waals surface area contributed by atoms with Crippen LogP contribution in [0.3, 0.4) is 0 Å². The lowest BCUT2D eigenvalue weighted by Gasteiger charge is -2.29. The molecule has 2 aromatic heterocycles. The molecule has 0 bridgehead atoms. The van der Waals surface area contributed by atoms with Crippen LogP contribution in [0.1, 0.15) is 35.3 Å². The third-order valence-electron chi connectivity index (χ3n) is 9.51. The number of hydrogen-bond acceptors (Lipinski definition) is 9. The van der Waals surface area contributed by atoms with Crippen molar-refractivity contribution in [3.63, 3.8) is 0 Å². The lowest BCUT2D eigenvalue weighted by atomic mass is 10.1. The summed E-state index contributed by atoms with van der Waals surface area (Å²) in [7, 11) is 0. The Balaban J connectivity index is 0.000000190. The summed E-state index contributed by atoms with van der Waals surface area (Å²) in [5.41, 5.74) is 4.70. The summed E-state index contributed by atoms with van der Waals surface area (Å²) in [5, 5.41) is 9.56. The zero-order valence-electron chi connectivity index (χ0n) is 30.9. The molecule has 6 aromatic rings. The Kier molecular flexibility index (Phi) is 12.9. The quantitative estimate of drug-likeness (QED) is 0.152. The first-order valence-electron chi connectivity index (χ1n) is 18.4. The molecule has 296 valence electrons. The van der Waals surface area contributed by atoms with E-state index < -0.39 is 17.6 Å². The first kappa shape index (κ1) is 40.0. The van der Waals surface area contributed by atoms with Gasteiger partial charge in [-0.05, 0) is 43.3 Å². The van der Waals surface area contributed by atoms with Crippen molar-refractivity contribution in [2.75, 3.05) is 69.0 Å². The molecule has 14 nitrogen and oxygen atoms in total. The fourth-order valence-electron chi connectivity index (χ4n) is 6.91. The van der Waals surface area contributed by atoms with Crippen molar-refractivity contribution in [2.24, 2.45) is 0 Å². The minimum absolute atomic E-state index is 0. The summed E-state index contributed by atoms with van der Waals surface area (Å²) in [6.45, 7) is 7.78. The average molecular weight is 775 g/mol. The van der Waals surface area contributed by atoms with Gasteiger partial charge in [0.05, 0.1) is 55.8 Å². The number of aromatic nitrogens is 4. The lowest BCUT2D eigenvalue weighted by Crippen LogP contribution is -2.36. The molecule has 0 unspecified atom stereocenters. The van der Waals surface area contributed by atoms with Crippen LogP contribution in [0.25, 0.3) is 33.9 Å². The molecule has 57 heavy (non-hydrogen) atoms. The maximum Gasteiger partial charge on any atom is 0.357 e. The summed E-state index contributed by atoms with van der Waals surface area (Å²) in [6, 6.07) is 33.7. The second-order valence-corrected chi connectivity index (χ2v) is 13.0. The second-order valence-electron chi connectivity index (χ2n) is 13.0. The smallest absolute Gasteiger partial charge is 0.357 e. The molecular weight excluding hydrogens is 729 g/mol. The number of carbonyl (C=O) groups is 2. The Hall–Kier alpha value is -6.64. The molecule has 2 aliphatic rings. The number of benzene rings is 4. The molecule has 2 saturated heterocycles. The number of carbonyl (C=O) groups excluding carboxylic acids is 1. The van der Waals surface area contributed by atoms with E-state index >= 15 is 0 Å². The SMILES string of the molecule is C.CCOC(=O)c1[nH]c(=O)n(-c2cccc(N3CCOCC3)c2)c1-c1ccccc1.O=C(O)c1[nH]c(=O)n(-c2cccc(N3CCOCC3)c2)c1-c1ccccc1. The Bertz CT molecular complexity index is 2410. The number of H-pyrrole nitrogens is 2. The topological polar surface area (TPSA) is 164 Å². The number of anilines is 2. The Morgan fingerprint density at radius 2 is 1.02 bits per heavy atom. The fourth-order valence-corrected chi connectivity index (χ4v) is 6.91. The molecule has 0 saturated carbocycles. The number of carboxylic acid groups (broad SMARTS) is 1. The van der Waals surface area contributed by atoms with Gasteiger partial charge in [0.15, 0.2) is 11.4 Å². The number of rotatable bonds is 9. The van der Waals surface area contributed by atoms with Gasteiger partial charge in [-0.15, -0.1) is 0 Å². The predicted octanol–water partition coefficient (Wildman–Crippen LogP) is 5.85. The third-order valence-corrected chi connectivity index (χ3v) is 9.51. The number of ether oxygens (including phenoxy) is 3. The average Bonchev–Trinajstić information content (AvgIpc) is 3.79. The molecule has 4 heterocycles. The van der Waals surface area contributed by atoms with Crippen LogP contribution in [0, 0.1) is 0 Å². The highest BCUT2D eigenvalue weighted by molar-refractivity contribution is 5.95. The van der Waals surface area contributed by atoms with E-state index in [1.165, 1.54) is 9.13 Å². The predicted molar refractivity (Wildman–Crippen MR) is 219 cm³/mol. The minimum atomic E-state index is -1.17. The molecule has 0 radical (unpaired) electrons. The number of nitrogens with zero attached hydrogens (tertiary/aromatic N) is 4. The maximum atomic E-state index is 12.9. The van der Waals surface area contributed by atoms with Gasteiger partial charge in [0, 0.05) is 48.7 Å². The van der Waals surface area contributed by atoms with Gasteiger partial charge in [0.1, 0.15) is 0 Å². The summed E-state index contributed by atoms with van der Waals surface area (Å²) in [6.07, 6.45) is 0. The van der Waals surface area contributed by atoms with Gasteiger partial charge in [0.25, 0.3) is 0 Å². The van der Waals surface area contributed by atoms with Crippen molar-refractivity contribution in [1.29, 1.82) is 0 Å². The number of aromatic carboxylic acids is 1. The second kappa shape index (κ2) is 18.3. The largest absolute Gasteiger partial charge is 0.477 e. The molecule has 3 N–H and O–H groups in total. The van der Waals surface area contributed by atoms with Crippen molar-refractivity contribution in [2.45, 2.75) is 14.4 Å². The first-order chi connectivity index (χ1) is 27.3. The zero-order valence-corrected chi connectivity index (χ0v) is 30.9. The first-order valence-corrected chi connectivity index (χ1v) is 18.4. The summed E-state index contributed by atoms with van der Waals surface area (Å²) in [5.74, 6) is -1.72. The van der Waals surface area contributed by atoms with E-state index in [2.05, 4.69) is 19.8 Å². The number of carboxylic acids is 1. The number of hydrogen-bond donors (Lipinski definition) is 3. The van der Waals surface area contributed by atoms with E-state index in [1.807, 2.05) is 91.0 Å². The van der Waals surface area contributed by atoms with Gasteiger partial charge in [-0.3, -0.25) is 19.1 Å². The van der Waals surface area contributed by atoms with Crippen LogP contribution >= 0.6 is 0 Å². The van der Waals surface area contributed by atoms with E-state index in [0.29, 0.717) is 54.8 Å². The molecule has 2 aliphatic heterocycles. The van der Waals surface area contributed by atoms with Crippen LogP contribution in [0.2, 0.25) is 0 Å². The molecule has 4 aromatic carbocycles. The van der Waals surface area contributed by atoms with Crippen molar-refractivity contribution < 1.29 is 28.9 Å². The zero-order chi connectivity index (χ0) is 39.0. The minimum Gasteiger partial charge on any atom is -0.477 e. The number of esters is 1. The Labute approximate surface area is 329 Å². The van der Waals surface area contributed by atoms with Crippen molar-refractivity contribution in [3.8, 4) is 33.9 Å². The Morgan fingerprint density at radius 1 is 0.614 bits per heavy atom. The molecular formula is C43H46N6O8. The van der Waals surface area contributed by atoms with Crippen molar-refractivity contribution in [3.05, 3.63) is 142 Å². The van der Waals surface area contributed by atoms with Gasteiger partial charge < -0.3 is 29.1 Å². The molecule has 0 atom stereocenters. The number of nitrogens with one attached hydrogen (secondary N) is 2. The van der Waals surface area contributed by atoms with E-state index in [9.17, 15) is 24.3 Å². The van der Waals surface area contributed by atoms with Gasteiger partial charge in [0.2, 0.25) is 0 Å². The molecule has 0 spiro atoms. The molecule has 8 rings (SSSR count). The van der Waals surface area contributed by atoms with Crippen LogP contribution in [0.15, 0.2) is 119 Å². The maximum absolute atomic E-state index is 12.9. The van der Waals surface area contributed by atoms with Crippen molar-refractivity contribution >= 4 is 23.3 Å². The van der Waals surface area contributed by atoms with E-state index in [1.54, 1.807) is 25.1 Å². The van der Waals surface area contributed by atoms with Crippen molar-refractivity contribution in [1.82, 2.24) is 19.1 Å². The van der Waals surface area contributed by atoms with Gasteiger partial charge in [-0.25, -0.2) is 19.2 Å². The monoisotopic (exact) mass is 774 g/mol. The van der Waals surface area contributed by atoms with E-state index in [-0.39, 0.29) is 31.1 Å². The van der Waals surface area contributed by atoms with E-state index in [4.69, 9.17) is 14.2 Å². The van der Waals surface area contributed by atoms with Crippen LogP contribution in [-0.2, 0) is 14.2 Å². The Morgan fingerprint density at radius 3 is 1.44 bits per heavy atom. The molecule has 2 fully saturated rings. The third kappa shape index (κ3) is 8.77. The number of morpholine rings is 2. The van der Waals surface area contributed by atoms with Crippen LogP contribution < -0.4 is 21.2 Å². The van der Waals surface area contributed by atoms with Crippen LogP contribution in [0.4, 0.5) is 11.4 Å². The van der Waals surface area contributed by atoms with Gasteiger partial charge >= 0.3 is 23.3 Å². The van der Waals surface area contributed by atoms with E-state index in [0.717, 1.165) is 43.1 Å². The standard InChI is InChI=1S/C22H23N3O4.C20H19N3O4.CH4/c1-2-29-21(26)19-20(16-7-4-3-5-8-16)25(22(27)23-19)18-10-6-9-17(15-18)24-11-13-28-14-12-24;24-19(25)17-18(14-5-2-1-3-6-14)23(20(26)21-17)16-8-4-7-15(13-16)22-9-11-27-12-10-22;/h3-10,15H,2,11-14H2,1H3,(H,23,27);1-8,13H,9-12H2,(H,21,26)(H,24,25);1H4. The fraction of sp³-hybridized carbons (Fsp3) is 0.256. The van der Waals surface area contributed by atoms with Gasteiger partial charge in [-0.2, -0.15) is 0 Å².